The fourth-order valence-corrected chi connectivity index (χ4v) is 13.1. The van der Waals surface area contributed by atoms with Crippen LogP contribution in [0.25, 0.3) is 145 Å². The Bertz CT molecular complexity index is 5450. The molecule has 0 aliphatic carbocycles. The first-order valence-electron chi connectivity index (χ1n) is 34.2. The third-order valence-corrected chi connectivity index (χ3v) is 18.0. The summed E-state index contributed by atoms with van der Waals surface area (Å²) in [4.78, 5) is 39.3. The molecule has 17 aromatic rings. The summed E-state index contributed by atoms with van der Waals surface area (Å²) in [5.74, 6) is 3.03. The van der Waals surface area contributed by atoms with Crippen LogP contribution in [0.1, 0.15) is 12.8 Å². The third-order valence-electron chi connectivity index (χ3n) is 17.4. The molecule has 4 heterocycles. The normalized spacial score (nSPS) is 11.2. The summed E-state index contributed by atoms with van der Waals surface area (Å²) in [5, 5.41) is 7.53. The maximum Gasteiger partial charge on any atom is 2.00 e. The molecule has 0 saturated carbocycles. The van der Waals surface area contributed by atoms with Crippen LogP contribution in [0, 0.1) is 6.07 Å². The Labute approximate surface area is 668 Å². The quantitative estimate of drug-likeness (QED) is 0.0742. The summed E-state index contributed by atoms with van der Waals surface area (Å²) < 4.78 is 4.94. The zero-order valence-corrected chi connectivity index (χ0v) is 63.7. The standard InChI is InChI=1S/C45H29N3.C27H18ClN3.C12H9.C4H8O.C3Cl3N3.BrH.Mg/c1-3-13-30(14-4-1)32-17-11-19-34(27-32)43-46-44(35-20-12-18-33(28-35)31-15-5-2-6-16-31)48-45(47-43)36-25-26-41-39-23-8-7-21-37(39)38-22-9-10-24-40(38)42(41)29-36;28-27-30-25(23-15-7-13-21(17-23)19-9-3-1-4-10-19)29-26(31-27)24-16-8-14-22(18-24)20-11-5-2-6-12-20;1-3-7-11(8-4-1)12-9-5-2-6-10-12;1-2-4-5-3-1;4-1-7-2(5)9-3(6)8-1;;/h1-29H;1-18H;1-5,7-10H;1-4H2;;1H;/q;;-1;;;;+2/p-1. The van der Waals surface area contributed by atoms with E-state index in [1.165, 1.54) is 56.3 Å². The van der Waals surface area contributed by atoms with Crippen molar-refractivity contribution in [3.05, 3.63) is 367 Å². The Morgan fingerprint density at radius 2 is 0.477 bits per heavy atom. The number of ether oxygens (including phenoxy) is 1. The second-order valence-corrected chi connectivity index (χ2v) is 25.7. The molecule has 0 radical (unpaired) electrons. The van der Waals surface area contributed by atoms with E-state index >= 15 is 0 Å². The van der Waals surface area contributed by atoms with E-state index in [1.54, 1.807) is 0 Å². The van der Waals surface area contributed by atoms with Crippen LogP contribution in [-0.4, -0.2) is 81.1 Å². The molecule has 107 heavy (non-hydrogen) atoms. The predicted molar refractivity (Wildman–Crippen MR) is 437 cm³/mol. The van der Waals surface area contributed by atoms with Crippen LogP contribution in [0.4, 0.5) is 0 Å². The second kappa shape index (κ2) is 37.5. The van der Waals surface area contributed by atoms with Gasteiger partial charge in [0, 0.05) is 41.0 Å². The van der Waals surface area contributed by atoms with Gasteiger partial charge < -0.3 is 21.7 Å². The van der Waals surface area contributed by atoms with Crippen molar-refractivity contribution >= 4 is 102 Å². The van der Waals surface area contributed by atoms with Crippen molar-refractivity contribution in [2.75, 3.05) is 13.2 Å². The molecular weight excluding hydrogens is 1480 g/mol. The molecule has 1 aliphatic rings. The monoisotopic (exact) mass is 1540 g/mol. The van der Waals surface area contributed by atoms with E-state index in [9.17, 15) is 0 Å². The molecule has 16 heteroatoms. The van der Waals surface area contributed by atoms with E-state index in [2.05, 4.69) is 262 Å². The fourth-order valence-electron chi connectivity index (χ4n) is 12.3. The third kappa shape index (κ3) is 19.7. The molecule has 0 amide bonds. The van der Waals surface area contributed by atoms with Gasteiger partial charge in [-0.3, -0.25) is 0 Å². The molecule has 14 aromatic carbocycles. The maximum absolute atomic E-state index is 6.30. The molecule has 3 aromatic heterocycles. The SMILES string of the molecule is C1CCOC1.Clc1nc(-c2cccc(-c3ccccc3)c2)nc(-c2cccc(-c3ccccc3)c2)n1.Clc1nc(Cl)nc(Cl)n1.[Br-].[Mg+2].[c-]1cccc(-c2ccccc2)c1.c1ccc(-c2cccc(-c3nc(-c4cccc(-c5ccccc5)c4)nc(-c4ccc5c6ccccc6c6ccccc6c5c4)n3)c2)cc1. The van der Waals surface area contributed by atoms with E-state index in [0.717, 1.165) is 85.5 Å². The number of hydrogen-bond acceptors (Lipinski definition) is 10. The predicted octanol–water partition coefficient (Wildman–Crippen LogP) is 21.3. The minimum Gasteiger partial charge on any atom is -1.00 e. The largest absolute Gasteiger partial charge is 2.00 e. The number of benzene rings is 14. The van der Waals surface area contributed by atoms with E-state index in [4.69, 9.17) is 71.1 Å². The van der Waals surface area contributed by atoms with Crippen molar-refractivity contribution in [1.82, 2.24) is 44.9 Å². The average Bonchev–Trinajstić information content (AvgIpc) is 0.748. The Balaban J connectivity index is 0.000000153. The zero-order valence-electron chi connectivity index (χ0n) is 57.7. The van der Waals surface area contributed by atoms with Gasteiger partial charge in [-0.05, 0) is 166 Å². The molecule has 1 fully saturated rings. The minimum atomic E-state index is 0. The minimum absolute atomic E-state index is 0. The van der Waals surface area contributed by atoms with E-state index < -0.39 is 0 Å². The molecule has 1 saturated heterocycles. The van der Waals surface area contributed by atoms with Crippen molar-refractivity contribution < 1.29 is 21.7 Å². The number of nitrogens with zero attached hydrogens (tertiary/aromatic N) is 9. The molecule has 0 unspecified atom stereocenters. The van der Waals surface area contributed by atoms with Crippen molar-refractivity contribution in [2.45, 2.75) is 12.8 Å². The molecule has 0 N–H and O–H groups in total. The zero-order chi connectivity index (χ0) is 71.5. The fraction of sp³-hybridized carbons (Fsp3) is 0.0440. The van der Waals surface area contributed by atoms with Crippen molar-refractivity contribution in [1.29, 1.82) is 0 Å². The number of aromatic nitrogens is 9. The maximum atomic E-state index is 6.30. The molecule has 0 atom stereocenters. The second-order valence-electron chi connectivity index (χ2n) is 24.3. The Morgan fingerprint density at radius 3 is 0.785 bits per heavy atom. The molecule has 18 rings (SSSR count). The molecular formula is C91H64BrCl4MgN9O. The molecule has 516 valence electrons. The first-order valence-corrected chi connectivity index (χ1v) is 35.7. The smallest absolute Gasteiger partial charge is 1.00 e. The van der Waals surface area contributed by atoms with Crippen LogP contribution in [0.3, 0.4) is 0 Å². The topological polar surface area (TPSA) is 125 Å². The van der Waals surface area contributed by atoms with Crippen LogP contribution >= 0.6 is 46.4 Å². The Hall–Kier alpha value is -10.7. The van der Waals surface area contributed by atoms with Gasteiger partial charge >= 0.3 is 23.1 Å². The van der Waals surface area contributed by atoms with Crippen LogP contribution in [-0.2, 0) is 4.74 Å². The average molecular weight is 1550 g/mol. The van der Waals surface area contributed by atoms with Crippen LogP contribution in [0.5, 0.6) is 0 Å². The number of fused-ring (bicyclic) bond motifs is 6. The summed E-state index contributed by atoms with van der Waals surface area (Å²) in [5.41, 5.74) is 16.1. The van der Waals surface area contributed by atoms with Crippen molar-refractivity contribution in [3.63, 3.8) is 0 Å². The van der Waals surface area contributed by atoms with Gasteiger partial charge in [-0.2, -0.15) is 55.3 Å². The summed E-state index contributed by atoms with van der Waals surface area (Å²) in [6, 6.07) is 120. The molecule has 0 spiro atoms. The van der Waals surface area contributed by atoms with E-state index in [-0.39, 0.29) is 61.2 Å². The number of rotatable bonds is 10. The van der Waals surface area contributed by atoms with Gasteiger partial charge in [0.15, 0.2) is 29.1 Å². The summed E-state index contributed by atoms with van der Waals surface area (Å²) >= 11 is 22.3. The van der Waals surface area contributed by atoms with Gasteiger partial charge in [0.1, 0.15) is 0 Å². The van der Waals surface area contributed by atoms with Gasteiger partial charge in [-0.25, -0.2) is 19.9 Å². The number of hydrogen-bond donors (Lipinski definition) is 0. The van der Waals surface area contributed by atoms with Gasteiger partial charge in [-0.1, -0.05) is 291 Å². The molecule has 10 nitrogen and oxygen atoms in total. The summed E-state index contributed by atoms with van der Waals surface area (Å²) in [6.45, 7) is 2.00. The van der Waals surface area contributed by atoms with E-state index in [1.807, 2.05) is 109 Å². The van der Waals surface area contributed by atoms with E-state index in [0.29, 0.717) is 29.1 Å². The first-order chi connectivity index (χ1) is 51.7. The summed E-state index contributed by atoms with van der Waals surface area (Å²) in [7, 11) is 0. The Kier molecular flexibility index (Phi) is 26.6. The summed E-state index contributed by atoms with van der Waals surface area (Å²) in [6.07, 6.45) is 2.56. The van der Waals surface area contributed by atoms with Crippen LogP contribution in [0.15, 0.2) is 340 Å². The van der Waals surface area contributed by atoms with Gasteiger partial charge in [0.2, 0.25) is 21.1 Å². The van der Waals surface area contributed by atoms with Crippen LogP contribution < -0.4 is 17.0 Å². The van der Waals surface area contributed by atoms with Crippen molar-refractivity contribution in [2.24, 2.45) is 0 Å². The first kappa shape index (κ1) is 75.9. The van der Waals surface area contributed by atoms with Gasteiger partial charge in [0.05, 0.1) is 0 Å². The Morgan fingerprint density at radius 1 is 0.224 bits per heavy atom. The molecule has 0 bridgehead atoms. The molecule has 1 aliphatic heterocycles. The van der Waals surface area contributed by atoms with Crippen molar-refractivity contribution in [3.8, 4) is 113 Å². The van der Waals surface area contributed by atoms with Gasteiger partial charge in [0.25, 0.3) is 0 Å². The van der Waals surface area contributed by atoms with Crippen LogP contribution in [0.2, 0.25) is 21.1 Å². The van der Waals surface area contributed by atoms with Gasteiger partial charge in [-0.15, -0.1) is 5.56 Å². The number of halogens is 5.